The largest absolute Gasteiger partial charge is 0.267 e. The zero-order chi connectivity index (χ0) is 11.6. The van der Waals surface area contributed by atoms with Crippen molar-refractivity contribution in [2.24, 2.45) is 0 Å². The Hall–Kier alpha value is -0.980. The first-order chi connectivity index (χ1) is 7.63. The van der Waals surface area contributed by atoms with E-state index in [1.165, 1.54) is 11.3 Å². The van der Waals surface area contributed by atoms with Crippen molar-refractivity contribution in [3.8, 4) is 0 Å². The predicted molar refractivity (Wildman–Crippen MR) is 65.1 cm³/mol. The Bertz CT molecular complexity index is 557. The van der Waals surface area contributed by atoms with Crippen molar-refractivity contribution >= 4 is 31.6 Å². The molecule has 0 spiro atoms. The number of benzene rings is 1. The van der Waals surface area contributed by atoms with Gasteiger partial charge >= 0.3 is 0 Å². The fraction of sp³-hybridized carbons (Fsp3) is 0.300. The minimum Gasteiger partial charge on any atom is -0.224 e. The van der Waals surface area contributed by atoms with Crippen molar-refractivity contribution in [3.63, 3.8) is 0 Å². The fourth-order valence-electron chi connectivity index (χ4n) is 1.26. The van der Waals surface area contributed by atoms with Crippen LogP contribution in [-0.4, -0.2) is 19.9 Å². The third-order valence-corrected chi connectivity index (χ3v) is 4.92. The second kappa shape index (κ2) is 4.48. The highest BCUT2D eigenvalue weighted by Gasteiger charge is 2.18. The summed E-state index contributed by atoms with van der Waals surface area (Å²) in [7, 11) is -3.43. The smallest absolute Gasteiger partial charge is 0.224 e. The number of para-hydroxylation sites is 1. The molecule has 6 heteroatoms. The summed E-state index contributed by atoms with van der Waals surface area (Å²) in [5.41, 5.74) is 0.726. The molecule has 2 rings (SSSR count). The second-order valence-corrected chi connectivity index (χ2v) is 6.32. The number of sulfonamides is 1. The third kappa shape index (κ3) is 2.23. The van der Waals surface area contributed by atoms with Gasteiger partial charge in [0.05, 0.1) is 10.2 Å². The summed E-state index contributed by atoms with van der Waals surface area (Å²) in [5.74, 6) is 0. The van der Waals surface area contributed by atoms with Crippen LogP contribution in [0.15, 0.2) is 28.6 Å². The minimum absolute atomic E-state index is 0.141. The molecule has 16 heavy (non-hydrogen) atoms. The fourth-order valence-corrected chi connectivity index (χ4v) is 3.66. The Morgan fingerprint density at radius 3 is 2.81 bits per heavy atom. The average molecular weight is 256 g/mol. The van der Waals surface area contributed by atoms with Gasteiger partial charge in [0, 0.05) is 6.54 Å². The van der Waals surface area contributed by atoms with Crippen LogP contribution < -0.4 is 4.72 Å². The molecule has 0 bridgehead atoms. The van der Waals surface area contributed by atoms with Gasteiger partial charge < -0.3 is 0 Å². The van der Waals surface area contributed by atoms with E-state index in [4.69, 9.17) is 0 Å². The number of hydrogen-bond donors (Lipinski definition) is 1. The molecule has 0 saturated heterocycles. The van der Waals surface area contributed by atoms with E-state index in [-0.39, 0.29) is 4.34 Å². The molecule has 0 radical (unpaired) electrons. The Labute approximate surface area is 98.4 Å². The van der Waals surface area contributed by atoms with Crippen molar-refractivity contribution in [1.82, 2.24) is 9.71 Å². The van der Waals surface area contributed by atoms with Crippen molar-refractivity contribution in [1.29, 1.82) is 0 Å². The highest BCUT2D eigenvalue weighted by atomic mass is 32.2. The van der Waals surface area contributed by atoms with Crippen molar-refractivity contribution in [2.75, 3.05) is 6.54 Å². The first-order valence-electron chi connectivity index (χ1n) is 4.99. The first kappa shape index (κ1) is 11.5. The highest BCUT2D eigenvalue weighted by molar-refractivity contribution is 7.91. The lowest BCUT2D eigenvalue weighted by Gasteiger charge is -2.00. The molecule has 0 amide bonds. The molecule has 1 aromatic carbocycles. The van der Waals surface area contributed by atoms with Crippen molar-refractivity contribution in [2.45, 2.75) is 17.7 Å². The molecule has 0 saturated carbocycles. The normalized spacial score (nSPS) is 12.1. The molecule has 0 unspecified atom stereocenters. The van der Waals surface area contributed by atoms with E-state index in [0.29, 0.717) is 6.54 Å². The third-order valence-electron chi connectivity index (χ3n) is 2.05. The minimum atomic E-state index is -3.43. The summed E-state index contributed by atoms with van der Waals surface area (Å²) in [6.45, 7) is 2.36. The number of rotatable bonds is 4. The van der Waals surface area contributed by atoms with Gasteiger partial charge in [-0.2, -0.15) is 0 Å². The Morgan fingerprint density at radius 1 is 1.38 bits per heavy atom. The van der Waals surface area contributed by atoms with Gasteiger partial charge in [0.25, 0.3) is 10.0 Å². The second-order valence-electron chi connectivity index (χ2n) is 3.35. The summed E-state index contributed by atoms with van der Waals surface area (Å²) < 4.78 is 27.1. The Morgan fingerprint density at radius 2 is 2.12 bits per heavy atom. The van der Waals surface area contributed by atoms with E-state index >= 15 is 0 Å². The van der Waals surface area contributed by atoms with Gasteiger partial charge in [-0.05, 0) is 18.6 Å². The quantitative estimate of drug-likeness (QED) is 0.910. The van der Waals surface area contributed by atoms with Gasteiger partial charge in [-0.3, -0.25) is 0 Å². The number of nitrogens with one attached hydrogen (secondary N) is 1. The topological polar surface area (TPSA) is 59.1 Å². The molecular weight excluding hydrogens is 244 g/mol. The van der Waals surface area contributed by atoms with E-state index in [1.807, 2.05) is 31.2 Å². The molecule has 4 nitrogen and oxygen atoms in total. The number of nitrogens with zero attached hydrogens (tertiary/aromatic N) is 1. The zero-order valence-electron chi connectivity index (χ0n) is 8.80. The molecule has 1 N–H and O–H groups in total. The van der Waals surface area contributed by atoms with Crippen LogP contribution in [0, 0.1) is 0 Å². The Kier molecular flexibility index (Phi) is 3.22. The standard InChI is InChI=1S/C10H12N2O2S2/c1-2-7-11-16(13,14)10-12-8-5-3-4-6-9(8)15-10/h3-6,11H,2,7H2,1H3. The predicted octanol–water partition coefficient (Wildman–Crippen LogP) is 1.98. The van der Waals surface area contributed by atoms with Gasteiger partial charge in [-0.25, -0.2) is 18.1 Å². The molecule has 86 valence electrons. The SMILES string of the molecule is CCCNS(=O)(=O)c1nc2ccccc2s1. The van der Waals surface area contributed by atoms with E-state index in [2.05, 4.69) is 9.71 Å². The van der Waals surface area contributed by atoms with E-state index < -0.39 is 10.0 Å². The Balaban J connectivity index is 2.40. The average Bonchev–Trinajstić information content (AvgIpc) is 2.71. The lowest BCUT2D eigenvalue weighted by atomic mass is 10.3. The van der Waals surface area contributed by atoms with E-state index in [1.54, 1.807) is 0 Å². The molecule has 2 aromatic rings. The van der Waals surface area contributed by atoms with Crippen LogP contribution >= 0.6 is 11.3 Å². The van der Waals surface area contributed by atoms with Crippen LogP contribution in [0.2, 0.25) is 0 Å². The number of hydrogen-bond acceptors (Lipinski definition) is 4. The molecule has 1 aromatic heterocycles. The van der Waals surface area contributed by atoms with Crippen LogP contribution in [0.25, 0.3) is 10.2 Å². The van der Waals surface area contributed by atoms with Crippen molar-refractivity contribution < 1.29 is 8.42 Å². The van der Waals surface area contributed by atoms with Gasteiger partial charge in [0.2, 0.25) is 4.34 Å². The molecule has 0 aliphatic heterocycles. The lowest BCUT2D eigenvalue weighted by Crippen LogP contribution is -2.24. The molecular formula is C10H12N2O2S2. The maximum absolute atomic E-state index is 11.8. The summed E-state index contributed by atoms with van der Waals surface area (Å²) in [6.07, 6.45) is 0.768. The maximum Gasteiger partial charge on any atom is 0.267 e. The van der Waals surface area contributed by atoms with Crippen LogP contribution in [0.5, 0.6) is 0 Å². The summed E-state index contributed by atoms with van der Waals surface area (Å²) in [4.78, 5) is 4.11. The summed E-state index contributed by atoms with van der Waals surface area (Å²) >= 11 is 1.19. The highest BCUT2D eigenvalue weighted by Crippen LogP contribution is 2.24. The monoisotopic (exact) mass is 256 g/mol. The van der Waals surface area contributed by atoms with Gasteiger partial charge in [0.15, 0.2) is 0 Å². The number of fused-ring (bicyclic) bond motifs is 1. The van der Waals surface area contributed by atoms with Crippen LogP contribution in [0.1, 0.15) is 13.3 Å². The lowest BCUT2D eigenvalue weighted by molar-refractivity contribution is 0.580. The summed E-state index contributed by atoms with van der Waals surface area (Å²) in [5, 5.41) is 0. The number of aromatic nitrogens is 1. The summed E-state index contributed by atoms with van der Waals surface area (Å²) in [6, 6.07) is 7.39. The molecule has 1 heterocycles. The van der Waals surface area contributed by atoms with Gasteiger partial charge in [0.1, 0.15) is 0 Å². The molecule has 0 aliphatic carbocycles. The van der Waals surface area contributed by atoms with E-state index in [9.17, 15) is 8.42 Å². The van der Waals surface area contributed by atoms with Crippen LogP contribution in [-0.2, 0) is 10.0 Å². The molecule has 0 aliphatic rings. The van der Waals surface area contributed by atoms with Gasteiger partial charge in [-0.15, -0.1) is 11.3 Å². The van der Waals surface area contributed by atoms with Crippen LogP contribution in [0.3, 0.4) is 0 Å². The van der Waals surface area contributed by atoms with Gasteiger partial charge in [-0.1, -0.05) is 19.1 Å². The zero-order valence-corrected chi connectivity index (χ0v) is 10.4. The van der Waals surface area contributed by atoms with Crippen LogP contribution in [0.4, 0.5) is 0 Å². The maximum atomic E-state index is 11.8. The number of thiazole rings is 1. The van der Waals surface area contributed by atoms with E-state index in [0.717, 1.165) is 16.6 Å². The first-order valence-corrected chi connectivity index (χ1v) is 7.28. The molecule has 0 atom stereocenters. The molecule has 0 fully saturated rings. The van der Waals surface area contributed by atoms with Crippen molar-refractivity contribution in [3.05, 3.63) is 24.3 Å².